The first-order valence-electron chi connectivity index (χ1n) is 5.45. The Morgan fingerprint density at radius 3 is 2.81 bits per heavy atom. The summed E-state index contributed by atoms with van der Waals surface area (Å²) < 4.78 is 0. The molecular formula is C12H16N2O2. The van der Waals surface area contributed by atoms with Crippen LogP contribution in [0.4, 0.5) is 11.4 Å². The minimum atomic E-state index is -0.354. The van der Waals surface area contributed by atoms with Gasteiger partial charge in [0.25, 0.3) is 5.69 Å². The van der Waals surface area contributed by atoms with Crippen LogP contribution in [0.1, 0.15) is 26.3 Å². The van der Waals surface area contributed by atoms with Crippen LogP contribution >= 0.6 is 0 Å². The Bertz CT molecular complexity index is 441. The van der Waals surface area contributed by atoms with Crippen molar-refractivity contribution in [3.8, 4) is 0 Å². The van der Waals surface area contributed by atoms with Gasteiger partial charge in [0.1, 0.15) is 0 Å². The minimum Gasteiger partial charge on any atom is -0.379 e. The van der Waals surface area contributed by atoms with Crippen LogP contribution in [0.25, 0.3) is 0 Å². The maximum Gasteiger partial charge on any atom is 0.271 e. The molecule has 1 heterocycles. The summed E-state index contributed by atoms with van der Waals surface area (Å²) in [6, 6.07) is 5.06. The normalized spacial score (nSPS) is 22.1. The second kappa shape index (κ2) is 3.47. The standard InChI is InChI=1S/C12H16N2O2/c1-8-6-9-4-5-10(14(15)16)7-11(9)13-12(8,2)3/h4-5,7-8,13H,6H2,1-3H3. The summed E-state index contributed by atoms with van der Waals surface area (Å²) >= 11 is 0. The summed E-state index contributed by atoms with van der Waals surface area (Å²) in [6.45, 7) is 6.44. The Balaban J connectivity index is 2.42. The molecule has 0 amide bonds. The molecule has 4 nitrogen and oxygen atoms in total. The van der Waals surface area contributed by atoms with Crippen molar-refractivity contribution in [2.75, 3.05) is 5.32 Å². The third kappa shape index (κ3) is 1.75. The van der Waals surface area contributed by atoms with Crippen LogP contribution in [-0.2, 0) is 6.42 Å². The fourth-order valence-corrected chi connectivity index (χ4v) is 2.03. The van der Waals surface area contributed by atoms with Crippen molar-refractivity contribution in [1.29, 1.82) is 0 Å². The van der Waals surface area contributed by atoms with Gasteiger partial charge in [-0.3, -0.25) is 10.1 Å². The second-order valence-electron chi connectivity index (χ2n) is 5.05. The van der Waals surface area contributed by atoms with E-state index in [9.17, 15) is 10.1 Å². The van der Waals surface area contributed by atoms with Gasteiger partial charge in [-0.15, -0.1) is 0 Å². The van der Waals surface area contributed by atoms with E-state index in [1.54, 1.807) is 12.1 Å². The van der Waals surface area contributed by atoms with Crippen LogP contribution in [0.5, 0.6) is 0 Å². The fourth-order valence-electron chi connectivity index (χ4n) is 2.03. The van der Waals surface area contributed by atoms with E-state index in [2.05, 4.69) is 26.1 Å². The molecule has 0 fully saturated rings. The first kappa shape index (κ1) is 10.9. The van der Waals surface area contributed by atoms with E-state index >= 15 is 0 Å². The molecule has 16 heavy (non-hydrogen) atoms. The molecule has 0 saturated carbocycles. The number of hydrogen-bond acceptors (Lipinski definition) is 3. The zero-order valence-corrected chi connectivity index (χ0v) is 9.78. The number of hydrogen-bond donors (Lipinski definition) is 1. The van der Waals surface area contributed by atoms with E-state index in [1.165, 1.54) is 0 Å². The first-order chi connectivity index (χ1) is 7.40. The summed E-state index contributed by atoms with van der Waals surface area (Å²) in [5.41, 5.74) is 2.20. The Kier molecular flexibility index (Phi) is 2.37. The lowest BCUT2D eigenvalue weighted by Crippen LogP contribution is -2.42. The highest BCUT2D eigenvalue weighted by molar-refractivity contribution is 5.60. The number of nitro groups is 1. The highest BCUT2D eigenvalue weighted by atomic mass is 16.6. The molecule has 1 N–H and O–H groups in total. The molecular weight excluding hydrogens is 204 g/mol. The zero-order valence-electron chi connectivity index (χ0n) is 9.78. The van der Waals surface area contributed by atoms with Crippen LogP contribution in [0.15, 0.2) is 18.2 Å². The average Bonchev–Trinajstić information content (AvgIpc) is 2.18. The van der Waals surface area contributed by atoms with E-state index in [0.29, 0.717) is 5.92 Å². The van der Waals surface area contributed by atoms with E-state index in [1.807, 2.05) is 6.07 Å². The van der Waals surface area contributed by atoms with Gasteiger partial charge in [0, 0.05) is 23.4 Å². The number of nitro benzene ring substituents is 1. The van der Waals surface area contributed by atoms with Crippen LogP contribution in [0, 0.1) is 16.0 Å². The van der Waals surface area contributed by atoms with Gasteiger partial charge in [0.05, 0.1) is 4.92 Å². The average molecular weight is 220 g/mol. The van der Waals surface area contributed by atoms with Gasteiger partial charge >= 0.3 is 0 Å². The molecule has 1 aromatic rings. The van der Waals surface area contributed by atoms with Crippen LogP contribution in [-0.4, -0.2) is 10.5 Å². The van der Waals surface area contributed by atoms with Gasteiger partial charge in [-0.2, -0.15) is 0 Å². The lowest BCUT2D eigenvalue weighted by atomic mass is 9.80. The topological polar surface area (TPSA) is 55.2 Å². The van der Waals surface area contributed by atoms with Crippen molar-refractivity contribution < 1.29 is 4.92 Å². The Labute approximate surface area is 94.8 Å². The Morgan fingerprint density at radius 2 is 2.19 bits per heavy atom. The number of anilines is 1. The van der Waals surface area contributed by atoms with E-state index < -0.39 is 0 Å². The first-order valence-corrected chi connectivity index (χ1v) is 5.45. The van der Waals surface area contributed by atoms with Crippen LogP contribution < -0.4 is 5.32 Å². The summed E-state index contributed by atoms with van der Waals surface area (Å²) in [4.78, 5) is 10.3. The number of nitrogens with one attached hydrogen (secondary N) is 1. The highest BCUT2D eigenvalue weighted by Crippen LogP contribution is 2.36. The number of non-ortho nitro benzene ring substituents is 1. The maximum atomic E-state index is 10.7. The van der Waals surface area contributed by atoms with Crippen LogP contribution in [0.2, 0.25) is 0 Å². The van der Waals surface area contributed by atoms with E-state index in [0.717, 1.165) is 17.7 Å². The molecule has 1 aliphatic heterocycles. The highest BCUT2D eigenvalue weighted by Gasteiger charge is 2.31. The molecule has 0 aliphatic carbocycles. The van der Waals surface area contributed by atoms with Crippen molar-refractivity contribution in [3.63, 3.8) is 0 Å². The zero-order chi connectivity index (χ0) is 11.9. The summed E-state index contributed by atoms with van der Waals surface area (Å²) in [5.74, 6) is 0.515. The molecule has 0 bridgehead atoms. The number of fused-ring (bicyclic) bond motifs is 1. The lowest BCUT2D eigenvalue weighted by Gasteiger charge is -2.39. The largest absolute Gasteiger partial charge is 0.379 e. The number of rotatable bonds is 1. The van der Waals surface area contributed by atoms with Crippen LogP contribution in [0.3, 0.4) is 0 Å². The quantitative estimate of drug-likeness (QED) is 0.584. The number of nitrogens with zero attached hydrogens (tertiary/aromatic N) is 1. The van der Waals surface area contributed by atoms with Gasteiger partial charge < -0.3 is 5.32 Å². The van der Waals surface area contributed by atoms with E-state index in [-0.39, 0.29) is 16.1 Å². The molecule has 1 unspecified atom stereocenters. The summed E-state index contributed by atoms with van der Waals surface area (Å²) in [7, 11) is 0. The minimum absolute atomic E-state index is 0.0117. The summed E-state index contributed by atoms with van der Waals surface area (Å²) in [6.07, 6.45) is 0.966. The third-order valence-electron chi connectivity index (χ3n) is 3.52. The predicted molar refractivity (Wildman–Crippen MR) is 63.7 cm³/mol. The van der Waals surface area contributed by atoms with Crippen molar-refractivity contribution in [2.45, 2.75) is 32.7 Å². The molecule has 0 aromatic heterocycles. The molecule has 0 spiro atoms. The van der Waals surface area contributed by atoms with Gasteiger partial charge in [0.2, 0.25) is 0 Å². The molecule has 1 aliphatic rings. The number of benzene rings is 1. The van der Waals surface area contributed by atoms with Crippen molar-refractivity contribution in [1.82, 2.24) is 0 Å². The van der Waals surface area contributed by atoms with Gasteiger partial charge in [-0.25, -0.2) is 0 Å². The van der Waals surface area contributed by atoms with Crippen molar-refractivity contribution in [3.05, 3.63) is 33.9 Å². The molecule has 1 aromatic carbocycles. The molecule has 1 atom stereocenters. The molecule has 86 valence electrons. The van der Waals surface area contributed by atoms with Gasteiger partial charge in [-0.05, 0) is 31.7 Å². The van der Waals surface area contributed by atoms with Crippen molar-refractivity contribution >= 4 is 11.4 Å². The Hall–Kier alpha value is -1.58. The SMILES string of the molecule is CC1Cc2ccc([N+](=O)[O-])cc2NC1(C)C. The maximum absolute atomic E-state index is 10.7. The molecule has 2 rings (SSSR count). The Morgan fingerprint density at radius 1 is 1.50 bits per heavy atom. The molecule has 0 radical (unpaired) electrons. The smallest absolute Gasteiger partial charge is 0.271 e. The van der Waals surface area contributed by atoms with Crippen molar-refractivity contribution in [2.24, 2.45) is 5.92 Å². The molecule has 4 heteroatoms. The lowest BCUT2D eigenvalue weighted by molar-refractivity contribution is -0.384. The fraction of sp³-hybridized carbons (Fsp3) is 0.500. The van der Waals surface area contributed by atoms with Gasteiger partial charge in [-0.1, -0.05) is 13.0 Å². The van der Waals surface area contributed by atoms with Gasteiger partial charge in [0.15, 0.2) is 0 Å². The second-order valence-corrected chi connectivity index (χ2v) is 5.05. The monoisotopic (exact) mass is 220 g/mol. The van der Waals surface area contributed by atoms with E-state index in [4.69, 9.17) is 0 Å². The summed E-state index contributed by atoms with van der Waals surface area (Å²) in [5, 5.41) is 14.1. The predicted octanol–water partition coefficient (Wildman–Crippen LogP) is 2.98. The third-order valence-corrected chi connectivity index (χ3v) is 3.52. The molecule has 0 saturated heterocycles.